The predicted molar refractivity (Wildman–Crippen MR) is 89.2 cm³/mol. The molecule has 2 aromatic rings. The number of rotatable bonds is 6. The zero-order chi connectivity index (χ0) is 15.2. The van der Waals surface area contributed by atoms with Crippen molar-refractivity contribution in [1.82, 2.24) is 10.3 Å². The molecule has 1 unspecified atom stereocenters. The first-order valence-corrected chi connectivity index (χ1v) is 8.54. The van der Waals surface area contributed by atoms with Gasteiger partial charge < -0.3 is 5.32 Å². The van der Waals surface area contributed by atoms with Gasteiger partial charge in [0.2, 0.25) is 0 Å². The molecular formula is C16H18BrFN2S. The predicted octanol–water partition coefficient (Wildman–Crippen LogP) is 5.20. The summed E-state index contributed by atoms with van der Waals surface area (Å²) in [5.41, 5.74) is 0.971. The van der Waals surface area contributed by atoms with Crippen LogP contribution in [0.4, 0.5) is 4.39 Å². The maximum absolute atomic E-state index is 14.2. The average molecular weight is 369 g/mol. The third-order valence-corrected chi connectivity index (χ3v) is 4.63. The van der Waals surface area contributed by atoms with E-state index in [9.17, 15) is 4.39 Å². The minimum Gasteiger partial charge on any atom is -0.310 e. The Morgan fingerprint density at radius 1 is 1.33 bits per heavy atom. The van der Waals surface area contributed by atoms with Crippen LogP contribution in [0.3, 0.4) is 0 Å². The summed E-state index contributed by atoms with van der Waals surface area (Å²) in [5, 5.41) is 4.19. The molecule has 112 valence electrons. The van der Waals surface area contributed by atoms with E-state index in [0.717, 1.165) is 28.0 Å². The second-order valence-electron chi connectivity index (χ2n) is 4.75. The lowest BCUT2D eigenvalue weighted by Crippen LogP contribution is -2.20. The van der Waals surface area contributed by atoms with Crippen LogP contribution in [0.25, 0.3) is 0 Å². The highest BCUT2D eigenvalue weighted by molar-refractivity contribution is 9.10. The monoisotopic (exact) mass is 368 g/mol. The van der Waals surface area contributed by atoms with E-state index in [0.29, 0.717) is 4.90 Å². The fraction of sp³-hybridized carbons (Fsp3) is 0.312. The standard InChI is InChI=1S/C16H18BrFN2S/c1-3-9-19-11(2)13-5-4-6-14(18)16(13)21-15-8-7-12(17)10-20-15/h4-8,10-11,19H,3,9H2,1-2H3. The minimum atomic E-state index is -0.202. The molecule has 0 radical (unpaired) electrons. The van der Waals surface area contributed by atoms with E-state index >= 15 is 0 Å². The summed E-state index contributed by atoms with van der Waals surface area (Å²) in [6, 6.07) is 9.13. The van der Waals surface area contributed by atoms with E-state index in [1.807, 2.05) is 18.2 Å². The van der Waals surface area contributed by atoms with Crippen molar-refractivity contribution in [2.75, 3.05) is 6.54 Å². The Hall–Kier alpha value is -0.910. The lowest BCUT2D eigenvalue weighted by molar-refractivity contribution is 0.543. The first-order valence-electron chi connectivity index (χ1n) is 6.93. The van der Waals surface area contributed by atoms with Crippen molar-refractivity contribution in [1.29, 1.82) is 0 Å². The Labute approximate surface area is 137 Å². The summed E-state index contributed by atoms with van der Waals surface area (Å²) in [5.74, 6) is -0.202. The van der Waals surface area contributed by atoms with Crippen LogP contribution in [0.2, 0.25) is 0 Å². The third kappa shape index (κ3) is 4.53. The summed E-state index contributed by atoms with van der Waals surface area (Å²) in [6.07, 6.45) is 2.78. The van der Waals surface area contributed by atoms with Crippen molar-refractivity contribution in [2.24, 2.45) is 0 Å². The number of nitrogens with zero attached hydrogens (tertiary/aromatic N) is 1. The first kappa shape index (κ1) is 16.5. The molecule has 1 aromatic carbocycles. The largest absolute Gasteiger partial charge is 0.310 e. The van der Waals surface area contributed by atoms with Crippen molar-refractivity contribution >= 4 is 27.7 Å². The van der Waals surface area contributed by atoms with Gasteiger partial charge >= 0.3 is 0 Å². The normalized spacial score (nSPS) is 12.4. The van der Waals surface area contributed by atoms with E-state index < -0.39 is 0 Å². The molecule has 0 spiro atoms. The Morgan fingerprint density at radius 2 is 2.14 bits per heavy atom. The van der Waals surface area contributed by atoms with Gasteiger partial charge in [-0.3, -0.25) is 0 Å². The smallest absolute Gasteiger partial charge is 0.137 e. The summed E-state index contributed by atoms with van der Waals surface area (Å²) in [7, 11) is 0. The fourth-order valence-electron chi connectivity index (χ4n) is 1.97. The fourth-order valence-corrected chi connectivity index (χ4v) is 3.19. The van der Waals surface area contributed by atoms with E-state index in [2.05, 4.69) is 40.1 Å². The Morgan fingerprint density at radius 3 is 2.81 bits per heavy atom. The molecule has 0 fully saturated rings. The first-order chi connectivity index (χ1) is 10.1. The Bertz CT molecular complexity index is 589. The van der Waals surface area contributed by atoms with Crippen LogP contribution < -0.4 is 5.32 Å². The number of nitrogens with one attached hydrogen (secondary N) is 1. The van der Waals surface area contributed by atoms with Crippen molar-refractivity contribution in [3.63, 3.8) is 0 Å². The van der Waals surface area contributed by atoms with Gasteiger partial charge in [-0.2, -0.15) is 0 Å². The van der Waals surface area contributed by atoms with E-state index in [-0.39, 0.29) is 11.9 Å². The highest BCUT2D eigenvalue weighted by Crippen LogP contribution is 2.34. The quantitative estimate of drug-likeness (QED) is 0.758. The van der Waals surface area contributed by atoms with Gasteiger partial charge in [0.25, 0.3) is 0 Å². The molecule has 2 nitrogen and oxygen atoms in total. The molecule has 5 heteroatoms. The maximum Gasteiger partial charge on any atom is 0.137 e. The molecular weight excluding hydrogens is 351 g/mol. The molecule has 0 bridgehead atoms. The van der Waals surface area contributed by atoms with Crippen molar-refractivity contribution < 1.29 is 4.39 Å². The van der Waals surface area contributed by atoms with Crippen LogP contribution in [0.15, 0.2) is 50.9 Å². The number of benzene rings is 1. The van der Waals surface area contributed by atoms with E-state index in [1.54, 1.807) is 12.3 Å². The van der Waals surface area contributed by atoms with Gasteiger partial charge in [-0.15, -0.1) is 0 Å². The second kappa shape index (κ2) is 7.92. The van der Waals surface area contributed by atoms with Crippen molar-refractivity contribution in [3.05, 3.63) is 52.4 Å². The van der Waals surface area contributed by atoms with Gasteiger partial charge in [-0.1, -0.05) is 30.8 Å². The third-order valence-electron chi connectivity index (χ3n) is 3.07. The molecule has 0 aliphatic rings. The maximum atomic E-state index is 14.2. The Kier molecular flexibility index (Phi) is 6.21. The molecule has 0 aliphatic heterocycles. The average Bonchev–Trinajstić information content (AvgIpc) is 2.49. The van der Waals surface area contributed by atoms with E-state index in [4.69, 9.17) is 0 Å². The van der Waals surface area contributed by atoms with Crippen LogP contribution in [0, 0.1) is 5.82 Å². The van der Waals surface area contributed by atoms with Gasteiger partial charge in [-0.25, -0.2) is 9.37 Å². The topological polar surface area (TPSA) is 24.9 Å². The molecule has 2 rings (SSSR count). The van der Waals surface area contributed by atoms with Crippen LogP contribution >= 0.6 is 27.7 Å². The molecule has 0 amide bonds. The number of pyridine rings is 1. The highest BCUT2D eigenvalue weighted by atomic mass is 79.9. The van der Waals surface area contributed by atoms with Gasteiger partial charge in [-0.05, 0) is 59.6 Å². The molecule has 0 aliphatic carbocycles. The molecule has 1 aromatic heterocycles. The lowest BCUT2D eigenvalue weighted by Gasteiger charge is -2.17. The Balaban J connectivity index is 2.26. The summed E-state index contributed by atoms with van der Waals surface area (Å²) in [4.78, 5) is 4.95. The van der Waals surface area contributed by atoms with Crippen LogP contribution in [0.5, 0.6) is 0 Å². The van der Waals surface area contributed by atoms with Gasteiger partial charge in [0, 0.05) is 16.7 Å². The van der Waals surface area contributed by atoms with Crippen LogP contribution in [-0.2, 0) is 0 Å². The van der Waals surface area contributed by atoms with E-state index in [1.165, 1.54) is 17.8 Å². The zero-order valence-electron chi connectivity index (χ0n) is 12.1. The molecule has 0 saturated heterocycles. The number of hydrogen-bond donors (Lipinski definition) is 1. The highest BCUT2D eigenvalue weighted by Gasteiger charge is 2.15. The molecule has 0 saturated carbocycles. The summed E-state index contributed by atoms with van der Waals surface area (Å²) < 4.78 is 15.1. The second-order valence-corrected chi connectivity index (χ2v) is 6.70. The van der Waals surface area contributed by atoms with Crippen molar-refractivity contribution in [3.8, 4) is 0 Å². The summed E-state index contributed by atoms with van der Waals surface area (Å²) >= 11 is 4.72. The zero-order valence-corrected chi connectivity index (χ0v) is 14.5. The number of hydrogen-bond acceptors (Lipinski definition) is 3. The molecule has 1 atom stereocenters. The lowest BCUT2D eigenvalue weighted by atomic mass is 10.1. The van der Waals surface area contributed by atoms with Crippen molar-refractivity contribution in [2.45, 2.75) is 36.2 Å². The molecule has 1 N–H and O–H groups in total. The van der Waals surface area contributed by atoms with Gasteiger partial charge in [0.05, 0.1) is 4.90 Å². The number of halogens is 2. The van der Waals surface area contributed by atoms with Crippen LogP contribution in [-0.4, -0.2) is 11.5 Å². The van der Waals surface area contributed by atoms with Gasteiger partial charge in [0.15, 0.2) is 0 Å². The molecule has 21 heavy (non-hydrogen) atoms. The number of aromatic nitrogens is 1. The summed E-state index contributed by atoms with van der Waals surface area (Å²) in [6.45, 7) is 5.09. The minimum absolute atomic E-state index is 0.110. The van der Waals surface area contributed by atoms with Gasteiger partial charge in [0.1, 0.15) is 10.8 Å². The van der Waals surface area contributed by atoms with Crippen LogP contribution in [0.1, 0.15) is 31.9 Å². The SMILES string of the molecule is CCCNC(C)c1cccc(F)c1Sc1ccc(Br)cn1. The molecule has 1 heterocycles.